The molecule has 1 N–H and O–H groups in total. The van der Waals surface area contributed by atoms with E-state index in [4.69, 9.17) is 28.6 Å². The fourth-order valence-electron chi connectivity index (χ4n) is 1.85. The summed E-state index contributed by atoms with van der Waals surface area (Å²) in [5.41, 5.74) is 0.972. The number of hydrogen-bond acceptors (Lipinski definition) is 2. The maximum Gasteiger partial charge on any atom is 0.169 e. The highest BCUT2D eigenvalue weighted by molar-refractivity contribution is 7.80. The summed E-state index contributed by atoms with van der Waals surface area (Å²) >= 11 is 11.1. The van der Waals surface area contributed by atoms with E-state index in [1.165, 1.54) is 12.1 Å². The molecular formula is C17H18ClFN2OS. The lowest BCUT2D eigenvalue weighted by Crippen LogP contribution is -2.38. The molecule has 0 spiro atoms. The van der Waals surface area contributed by atoms with Gasteiger partial charge in [0.1, 0.15) is 18.2 Å². The van der Waals surface area contributed by atoms with Gasteiger partial charge in [-0.25, -0.2) is 4.39 Å². The van der Waals surface area contributed by atoms with Crippen LogP contribution in [-0.2, 0) is 6.54 Å². The van der Waals surface area contributed by atoms with Crippen LogP contribution < -0.4 is 10.1 Å². The second-order valence-corrected chi connectivity index (χ2v) is 5.83. The van der Waals surface area contributed by atoms with Crippen molar-refractivity contribution in [1.29, 1.82) is 0 Å². The van der Waals surface area contributed by atoms with Gasteiger partial charge >= 0.3 is 0 Å². The first-order valence-corrected chi connectivity index (χ1v) is 7.95. The summed E-state index contributed by atoms with van der Waals surface area (Å²) in [7, 11) is 1.89. The zero-order chi connectivity index (χ0) is 16.7. The minimum absolute atomic E-state index is 0.243. The molecule has 2 aromatic carbocycles. The fraction of sp³-hybridized carbons (Fsp3) is 0.235. The lowest BCUT2D eigenvalue weighted by molar-refractivity contribution is 0.283. The monoisotopic (exact) mass is 352 g/mol. The molecule has 122 valence electrons. The fourth-order valence-corrected chi connectivity index (χ4v) is 2.14. The summed E-state index contributed by atoms with van der Waals surface area (Å²) in [5, 5.41) is 4.44. The normalized spacial score (nSPS) is 10.2. The van der Waals surface area contributed by atoms with E-state index in [-0.39, 0.29) is 5.82 Å². The van der Waals surface area contributed by atoms with E-state index < -0.39 is 0 Å². The van der Waals surface area contributed by atoms with Gasteiger partial charge in [0.25, 0.3) is 0 Å². The molecule has 0 unspecified atom stereocenters. The summed E-state index contributed by atoms with van der Waals surface area (Å²) in [4.78, 5) is 1.90. The second kappa shape index (κ2) is 8.70. The zero-order valence-corrected chi connectivity index (χ0v) is 14.3. The average Bonchev–Trinajstić information content (AvgIpc) is 2.55. The van der Waals surface area contributed by atoms with E-state index in [2.05, 4.69) is 5.32 Å². The molecule has 0 radical (unpaired) electrons. The number of benzene rings is 2. The van der Waals surface area contributed by atoms with Crippen molar-refractivity contribution in [2.24, 2.45) is 0 Å². The number of rotatable bonds is 6. The van der Waals surface area contributed by atoms with Crippen LogP contribution in [0.4, 0.5) is 4.39 Å². The van der Waals surface area contributed by atoms with Crippen LogP contribution in [0.5, 0.6) is 5.75 Å². The maximum atomic E-state index is 12.8. The van der Waals surface area contributed by atoms with Crippen molar-refractivity contribution in [3.63, 3.8) is 0 Å². The number of likely N-dealkylation sites (N-methyl/N-ethyl adjacent to an activating group) is 1. The predicted octanol–water partition coefficient (Wildman–Crippen LogP) is 3.86. The molecule has 23 heavy (non-hydrogen) atoms. The molecule has 2 aromatic rings. The van der Waals surface area contributed by atoms with E-state index in [1.807, 2.05) is 24.1 Å². The molecule has 0 aliphatic heterocycles. The molecule has 0 saturated carbocycles. The summed E-state index contributed by atoms with van der Waals surface area (Å²) < 4.78 is 18.5. The summed E-state index contributed by atoms with van der Waals surface area (Å²) in [5.74, 6) is 0.529. The quantitative estimate of drug-likeness (QED) is 0.798. The molecule has 0 fully saturated rings. The second-order valence-electron chi connectivity index (χ2n) is 5.01. The molecule has 0 aromatic heterocycles. The van der Waals surface area contributed by atoms with Gasteiger partial charge in [-0.15, -0.1) is 0 Å². The average molecular weight is 353 g/mol. The van der Waals surface area contributed by atoms with Crippen LogP contribution >= 0.6 is 23.8 Å². The van der Waals surface area contributed by atoms with Crippen LogP contribution in [0.15, 0.2) is 48.5 Å². The third-order valence-electron chi connectivity index (χ3n) is 3.21. The van der Waals surface area contributed by atoms with E-state index >= 15 is 0 Å². The van der Waals surface area contributed by atoms with Crippen molar-refractivity contribution in [1.82, 2.24) is 10.2 Å². The highest BCUT2D eigenvalue weighted by Crippen LogP contribution is 2.15. The van der Waals surface area contributed by atoms with Crippen molar-refractivity contribution in [2.45, 2.75) is 6.54 Å². The van der Waals surface area contributed by atoms with E-state index in [1.54, 1.807) is 24.3 Å². The number of nitrogens with zero attached hydrogens (tertiary/aromatic N) is 1. The van der Waals surface area contributed by atoms with Gasteiger partial charge in [0.05, 0.1) is 6.54 Å². The number of thiocarbonyl (C=S) groups is 1. The van der Waals surface area contributed by atoms with Crippen molar-refractivity contribution >= 4 is 28.9 Å². The van der Waals surface area contributed by atoms with Crippen LogP contribution in [0.3, 0.4) is 0 Å². The van der Waals surface area contributed by atoms with Crippen LogP contribution in [-0.4, -0.2) is 30.2 Å². The third-order valence-corrected chi connectivity index (χ3v) is 3.92. The Hall–Kier alpha value is -1.85. The van der Waals surface area contributed by atoms with Gasteiger partial charge in [-0.05, 0) is 54.2 Å². The molecule has 3 nitrogen and oxygen atoms in total. The first kappa shape index (κ1) is 17.5. The molecule has 0 bridgehead atoms. The van der Waals surface area contributed by atoms with Gasteiger partial charge < -0.3 is 15.0 Å². The number of ether oxygens (including phenoxy) is 1. The highest BCUT2D eigenvalue weighted by Gasteiger charge is 2.04. The van der Waals surface area contributed by atoms with E-state index in [0.29, 0.717) is 29.8 Å². The Morgan fingerprint density at radius 2 is 1.83 bits per heavy atom. The van der Waals surface area contributed by atoms with Gasteiger partial charge in [0.2, 0.25) is 0 Å². The van der Waals surface area contributed by atoms with Gasteiger partial charge in [0, 0.05) is 18.6 Å². The lowest BCUT2D eigenvalue weighted by atomic mass is 10.2. The molecule has 0 saturated heterocycles. The molecule has 6 heteroatoms. The lowest BCUT2D eigenvalue weighted by Gasteiger charge is -2.21. The van der Waals surface area contributed by atoms with Crippen LogP contribution in [0.1, 0.15) is 5.56 Å². The molecular weight excluding hydrogens is 335 g/mol. The minimum Gasteiger partial charge on any atom is -0.492 e. The summed E-state index contributed by atoms with van der Waals surface area (Å²) in [6.45, 7) is 1.72. The van der Waals surface area contributed by atoms with Crippen molar-refractivity contribution in [2.75, 3.05) is 20.2 Å². The summed E-state index contributed by atoms with van der Waals surface area (Å²) in [6, 6.07) is 13.6. The zero-order valence-electron chi connectivity index (χ0n) is 12.8. The molecule has 2 rings (SSSR count). The highest BCUT2D eigenvalue weighted by atomic mass is 35.5. The Morgan fingerprint density at radius 1 is 1.17 bits per heavy atom. The van der Waals surface area contributed by atoms with Gasteiger partial charge in [0.15, 0.2) is 5.11 Å². The first-order chi connectivity index (χ1) is 11.0. The predicted molar refractivity (Wildman–Crippen MR) is 95.4 cm³/mol. The van der Waals surface area contributed by atoms with Gasteiger partial charge in [-0.3, -0.25) is 0 Å². The van der Waals surface area contributed by atoms with Gasteiger partial charge in [-0.2, -0.15) is 0 Å². The molecule has 0 amide bonds. The van der Waals surface area contributed by atoms with Crippen molar-refractivity contribution in [3.05, 3.63) is 64.9 Å². The SMILES string of the molecule is CN(CCOc1ccc(Cl)cc1)C(=S)NCc1ccc(F)cc1. The maximum absolute atomic E-state index is 12.8. The number of halogens is 2. The number of nitrogens with one attached hydrogen (secondary N) is 1. The number of hydrogen-bond donors (Lipinski definition) is 1. The largest absolute Gasteiger partial charge is 0.492 e. The summed E-state index contributed by atoms with van der Waals surface area (Å²) in [6.07, 6.45) is 0. The Balaban J connectivity index is 1.70. The van der Waals surface area contributed by atoms with Crippen LogP contribution in [0.25, 0.3) is 0 Å². The Labute approximate surface area is 146 Å². The smallest absolute Gasteiger partial charge is 0.169 e. The standard InChI is InChI=1S/C17H18ClFN2OS/c1-21(10-11-22-16-8-4-14(18)5-9-16)17(23)20-12-13-2-6-15(19)7-3-13/h2-9H,10-12H2,1H3,(H,20,23). The Morgan fingerprint density at radius 3 is 2.48 bits per heavy atom. The minimum atomic E-state index is -0.243. The van der Waals surface area contributed by atoms with Crippen molar-refractivity contribution in [3.8, 4) is 5.75 Å². The molecule has 0 aliphatic carbocycles. The molecule has 0 aliphatic rings. The molecule has 0 heterocycles. The van der Waals surface area contributed by atoms with E-state index in [0.717, 1.165) is 11.3 Å². The Kier molecular flexibility index (Phi) is 6.62. The van der Waals surface area contributed by atoms with Crippen LogP contribution in [0.2, 0.25) is 5.02 Å². The first-order valence-electron chi connectivity index (χ1n) is 7.16. The van der Waals surface area contributed by atoms with Gasteiger partial charge in [-0.1, -0.05) is 23.7 Å². The van der Waals surface area contributed by atoms with Crippen LogP contribution in [0, 0.1) is 5.82 Å². The topological polar surface area (TPSA) is 24.5 Å². The van der Waals surface area contributed by atoms with E-state index in [9.17, 15) is 4.39 Å². The molecule has 0 atom stereocenters. The Bertz CT molecular complexity index is 634. The van der Waals surface area contributed by atoms with Crippen molar-refractivity contribution < 1.29 is 9.13 Å². The third kappa shape index (κ3) is 6.04.